The Morgan fingerprint density at radius 2 is 2.50 bits per heavy atom. The highest BCUT2D eigenvalue weighted by Crippen LogP contribution is 2.13. The van der Waals surface area contributed by atoms with Crippen LogP contribution in [0.25, 0.3) is 0 Å². The third-order valence-corrected chi connectivity index (χ3v) is 3.24. The van der Waals surface area contributed by atoms with Crippen molar-refractivity contribution in [3.8, 4) is 6.07 Å². The fraction of sp³-hybridized carbons (Fsp3) is 0.444. The highest BCUT2D eigenvalue weighted by molar-refractivity contribution is 9.09. The summed E-state index contributed by atoms with van der Waals surface area (Å²) in [5, 5.41) is 13.7. The summed E-state index contributed by atoms with van der Waals surface area (Å²) >= 11 is 5.03. The number of hydrogen-bond acceptors (Lipinski definition) is 2. The number of nitriles is 1. The third kappa shape index (κ3) is 2.96. The molecule has 64 valence electrons. The fourth-order valence-electron chi connectivity index (χ4n) is 0.952. The summed E-state index contributed by atoms with van der Waals surface area (Å²) < 4.78 is 0. The van der Waals surface area contributed by atoms with Crippen LogP contribution in [0.2, 0.25) is 0 Å². The van der Waals surface area contributed by atoms with Crippen LogP contribution >= 0.6 is 27.3 Å². The molecule has 0 radical (unpaired) electrons. The van der Waals surface area contributed by atoms with Crippen LogP contribution in [0.5, 0.6) is 0 Å². The lowest BCUT2D eigenvalue weighted by Gasteiger charge is -2.02. The lowest BCUT2D eigenvalue weighted by atomic mass is 10.0. The van der Waals surface area contributed by atoms with Crippen molar-refractivity contribution in [2.75, 3.05) is 5.33 Å². The normalized spacial score (nSPS) is 12.3. The summed E-state index contributed by atoms with van der Waals surface area (Å²) in [5.41, 5.74) is 1.35. The SMILES string of the molecule is N#CC(CBr)CCc1ccsc1. The van der Waals surface area contributed by atoms with Gasteiger partial charge in [-0.2, -0.15) is 16.6 Å². The van der Waals surface area contributed by atoms with Gasteiger partial charge in [0.05, 0.1) is 12.0 Å². The topological polar surface area (TPSA) is 23.8 Å². The van der Waals surface area contributed by atoms with E-state index >= 15 is 0 Å². The quantitative estimate of drug-likeness (QED) is 0.746. The summed E-state index contributed by atoms with van der Waals surface area (Å²) in [6.07, 6.45) is 1.98. The van der Waals surface area contributed by atoms with Crippen LogP contribution in [-0.4, -0.2) is 5.33 Å². The maximum absolute atomic E-state index is 8.68. The van der Waals surface area contributed by atoms with Gasteiger partial charge in [0.25, 0.3) is 0 Å². The molecular weight excluding hydrogens is 234 g/mol. The van der Waals surface area contributed by atoms with E-state index in [0.717, 1.165) is 18.2 Å². The first-order chi connectivity index (χ1) is 5.86. The molecule has 0 amide bonds. The van der Waals surface area contributed by atoms with Crippen molar-refractivity contribution in [3.05, 3.63) is 22.4 Å². The summed E-state index contributed by atoms with van der Waals surface area (Å²) in [5.74, 6) is 0.157. The number of halogens is 1. The van der Waals surface area contributed by atoms with Crippen molar-refractivity contribution in [1.82, 2.24) is 0 Å². The molecule has 1 unspecified atom stereocenters. The molecule has 0 bridgehead atoms. The largest absolute Gasteiger partial charge is 0.198 e. The second kappa shape index (κ2) is 5.34. The smallest absolute Gasteiger partial charge is 0.0664 e. The van der Waals surface area contributed by atoms with E-state index in [1.54, 1.807) is 11.3 Å². The van der Waals surface area contributed by atoms with E-state index in [1.807, 2.05) is 0 Å². The van der Waals surface area contributed by atoms with Gasteiger partial charge >= 0.3 is 0 Å². The molecule has 0 saturated heterocycles. The highest BCUT2D eigenvalue weighted by Gasteiger charge is 2.04. The van der Waals surface area contributed by atoms with Crippen molar-refractivity contribution in [2.45, 2.75) is 12.8 Å². The van der Waals surface area contributed by atoms with E-state index in [1.165, 1.54) is 5.56 Å². The van der Waals surface area contributed by atoms with Crippen LogP contribution in [0.1, 0.15) is 12.0 Å². The predicted molar refractivity (Wildman–Crippen MR) is 55.5 cm³/mol. The molecule has 0 aliphatic carbocycles. The Morgan fingerprint density at radius 3 is 3.00 bits per heavy atom. The van der Waals surface area contributed by atoms with Gasteiger partial charge in [-0.3, -0.25) is 0 Å². The van der Waals surface area contributed by atoms with Crippen LogP contribution in [0.4, 0.5) is 0 Å². The van der Waals surface area contributed by atoms with Gasteiger partial charge in [-0.1, -0.05) is 15.9 Å². The van der Waals surface area contributed by atoms with E-state index < -0.39 is 0 Å². The Balaban J connectivity index is 2.31. The molecule has 1 aromatic rings. The van der Waals surface area contributed by atoms with Crippen molar-refractivity contribution in [2.24, 2.45) is 5.92 Å². The molecule has 0 aromatic carbocycles. The molecule has 1 heterocycles. The Kier molecular flexibility index (Phi) is 4.34. The number of hydrogen-bond donors (Lipinski definition) is 0. The van der Waals surface area contributed by atoms with Gasteiger partial charge < -0.3 is 0 Å². The third-order valence-electron chi connectivity index (χ3n) is 1.73. The summed E-state index contributed by atoms with van der Waals surface area (Å²) in [7, 11) is 0. The van der Waals surface area contributed by atoms with E-state index in [9.17, 15) is 0 Å². The predicted octanol–water partition coefficient (Wildman–Crippen LogP) is 3.22. The average Bonchev–Trinajstić information content (AvgIpc) is 2.59. The van der Waals surface area contributed by atoms with Crippen LogP contribution in [0.15, 0.2) is 16.8 Å². The second-order valence-electron chi connectivity index (χ2n) is 2.65. The molecule has 1 aromatic heterocycles. The minimum atomic E-state index is 0.157. The second-order valence-corrected chi connectivity index (χ2v) is 4.08. The maximum Gasteiger partial charge on any atom is 0.0664 e. The van der Waals surface area contributed by atoms with Crippen molar-refractivity contribution >= 4 is 27.3 Å². The monoisotopic (exact) mass is 243 g/mol. The number of alkyl halides is 1. The lowest BCUT2D eigenvalue weighted by molar-refractivity contribution is 0.674. The average molecular weight is 244 g/mol. The standard InChI is InChI=1S/C9H10BrNS/c10-5-9(6-11)2-1-8-3-4-12-7-8/h3-4,7,9H,1-2,5H2. The number of rotatable bonds is 4. The van der Waals surface area contributed by atoms with Gasteiger partial charge in [-0.15, -0.1) is 0 Å². The minimum Gasteiger partial charge on any atom is -0.198 e. The Hall–Kier alpha value is -0.330. The molecule has 1 nitrogen and oxygen atoms in total. The molecule has 0 spiro atoms. The zero-order chi connectivity index (χ0) is 8.81. The van der Waals surface area contributed by atoms with E-state index in [-0.39, 0.29) is 5.92 Å². The van der Waals surface area contributed by atoms with Gasteiger partial charge in [0.1, 0.15) is 0 Å². The van der Waals surface area contributed by atoms with Crippen LogP contribution < -0.4 is 0 Å². The summed E-state index contributed by atoms with van der Waals surface area (Å²) in [6, 6.07) is 4.39. The molecule has 1 atom stereocenters. The van der Waals surface area contributed by atoms with Crippen LogP contribution in [0, 0.1) is 17.2 Å². The first kappa shape index (κ1) is 9.76. The van der Waals surface area contributed by atoms with Gasteiger partial charge in [0.15, 0.2) is 0 Å². The maximum atomic E-state index is 8.68. The van der Waals surface area contributed by atoms with E-state index in [0.29, 0.717) is 0 Å². The Morgan fingerprint density at radius 1 is 1.67 bits per heavy atom. The zero-order valence-corrected chi connectivity index (χ0v) is 9.07. The van der Waals surface area contributed by atoms with Crippen molar-refractivity contribution in [3.63, 3.8) is 0 Å². The van der Waals surface area contributed by atoms with Gasteiger partial charge in [0.2, 0.25) is 0 Å². The minimum absolute atomic E-state index is 0.157. The number of nitrogens with zero attached hydrogens (tertiary/aromatic N) is 1. The summed E-state index contributed by atoms with van der Waals surface area (Å²) in [4.78, 5) is 0. The molecule has 0 N–H and O–H groups in total. The zero-order valence-electron chi connectivity index (χ0n) is 6.66. The van der Waals surface area contributed by atoms with E-state index in [4.69, 9.17) is 5.26 Å². The molecule has 0 aliphatic heterocycles. The molecular formula is C9H10BrNS. The first-order valence-corrected chi connectivity index (χ1v) is 5.90. The molecule has 3 heteroatoms. The lowest BCUT2D eigenvalue weighted by Crippen LogP contribution is -1.99. The van der Waals surface area contributed by atoms with Crippen LogP contribution in [-0.2, 0) is 6.42 Å². The summed E-state index contributed by atoms with van der Waals surface area (Å²) in [6.45, 7) is 0. The van der Waals surface area contributed by atoms with Gasteiger partial charge in [0, 0.05) is 5.33 Å². The Labute approximate surface area is 85.2 Å². The number of aryl methyl sites for hydroxylation is 1. The fourth-order valence-corrected chi connectivity index (χ4v) is 2.12. The highest BCUT2D eigenvalue weighted by atomic mass is 79.9. The van der Waals surface area contributed by atoms with Crippen LogP contribution in [0.3, 0.4) is 0 Å². The molecule has 1 rings (SSSR count). The van der Waals surface area contributed by atoms with Gasteiger partial charge in [-0.05, 0) is 35.2 Å². The van der Waals surface area contributed by atoms with Crippen molar-refractivity contribution in [1.29, 1.82) is 5.26 Å². The molecule has 0 fully saturated rings. The number of thiophene rings is 1. The van der Waals surface area contributed by atoms with E-state index in [2.05, 4.69) is 38.8 Å². The molecule has 0 saturated carbocycles. The van der Waals surface area contributed by atoms with Crippen molar-refractivity contribution < 1.29 is 0 Å². The molecule has 0 aliphatic rings. The molecule has 12 heavy (non-hydrogen) atoms. The first-order valence-electron chi connectivity index (χ1n) is 3.83. The Bertz CT molecular complexity index is 250. The van der Waals surface area contributed by atoms with Gasteiger partial charge in [-0.25, -0.2) is 0 Å².